The predicted octanol–water partition coefficient (Wildman–Crippen LogP) is 3.12. The third-order valence-electron chi connectivity index (χ3n) is 6.98. The number of nitrogens with one attached hydrogen (secondary N) is 2. The average Bonchev–Trinajstić information content (AvgIpc) is 3.47. The Kier molecular flexibility index (Phi) is 3.72. The van der Waals surface area contributed by atoms with Crippen LogP contribution in [0.3, 0.4) is 0 Å². The van der Waals surface area contributed by atoms with E-state index in [2.05, 4.69) is 10.3 Å². The van der Waals surface area contributed by atoms with Crippen LogP contribution in [0.1, 0.15) is 46.9 Å². The maximum absolute atomic E-state index is 13.6. The zero-order chi connectivity index (χ0) is 21.5. The van der Waals surface area contributed by atoms with Crippen molar-refractivity contribution in [3.05, 3.63) is 55.7 Å². The van der Waals surface area contributed by atoms with E-state index >= 15 is 0 Å². The molecule has 3 aliphatic rings. The zero-order valence-corrected chi connectivity index (χ0v) is 17.9. The van der Waals surface area contributed by atoms with Gasteiger partial charge in [-0.1, -0.05) is 18.2 Å². The lowest BCUT2D eigenvalue weighted by molar-refractivity contribution is -0.121. The van der Waals surface area contributed by atoms with Gasteiger partial charge in [0.1, 0.15) is 16.1 Å². The van der Waals surface area contributed by atoms with Crippen molar-refractivity contribution in [1.29, 1.82) is 0 Å². The number of anilines is 2. The summed E-state index contributed by atoms with van der Waals surface area (Å²) in [6.45, 7) is 1.69. The number of nitrogens with two attached hydrogens (primary N) is 1. The number of urea groups is 1. The number of thiophene rings is 1. The van der Waals surface area contributed by atoms with Gasteiger partial charge in [0.2, 0.25) is 0 Å². The van der Waals surface area contributed by atoms with E-state index in [0.29, 0.717) is 4.83 Å². The van der Waals surface area contributed by atoms with Gasteiger partial charge in [-0.3, -0.25) is 9.59 Å². The number of aromatic amines is 1. The third-order valence-corrected chi connectivity index (χ3v) is 8.19. The topological polar surface area (TPSA) is 108 Å². The lowest BCUT2D eigenvalue weighted by atomic mass is 9.89. The number of nitrogen functional groups attached to an aromatic ring is 1. The Hall–Kier alpha value is -3.13. The highest BCUT2D eigenvalue weighted by Crippen LogP contribution is 2.42. The molecule has 1 atom stereocenters. The molecule has 1 aromatic carbocycles. The van der Waals surface area contributed by atoms with E-state index in [0.717, 1.165) is 59.9 Å². The van der Waals surface area contributed by atoms with Crippen molar-refractivity contribution in [3.8, 4) is 0 Å². The molecule has 7 nitrogen and oxygen atoms in total. The first-order valence-corrected chi connectivity index (χ1v) is 11.4. The highest BCUT2D eigenvalue weighted by atomic mass is 32.1. The number of hydrogen-bond acceptors (Lipinski definition) is 5. The lowest BCUT2D eigenvalue weighted by Crippen LogP contribution is -2.41. The molecule has 1 fully saturated rings. The van der Waals surface area contributed by atoms with E-state index in [1.54, 1.807) is 6.92 Å². The summed E-state index contributed by atoms with van der Waals surface area (Å²) < 4.78 is 0. The van der Waals surface area contributed by atoms with Crippen LogP contribution in [-0.2, 0) is 36.0 Å². The summed E-state index contributed by atoms with van der Waals surface area (Å²) in [6.07, 6.45) is 6.00. The summed E-state index contributed by atoms with van der Waals surface area (Å²) >= 11 is 1.54. The van der Waals surface area contributed by atoms with Crippen molar-refractivity contribution in [2.75, 3.05) is 10.6 Å². The molecule has 4 N–H and O–H groups in total. The molecule has 1 saturated heterocycles. The van der Waals surface area contributed by atoms with Crippen molar-refractivity contribution in [1.82, 2.24) is 10.3 Å². The van der Waals surface area contributed by atoms with Crippen LogP contribution in [0, 0.1) is 0 Å². The average molecular weight is 435 g/mol. The molecule has 0 saturated carbocycles. The molecule has 31 heavy (non-hydrogen) atoms. The van der Waals surface area contributed by atoms with Crippen molar-refractivity contribution in [2.24, 2.45) is 0 Å². The Morgan fingerprint density at radius 3 is 2.68 bits per heavy atom. The normalized spacial score (nSPS) is 22.3. The Bertz CT molecular complexity index is 1370. The molecule has 3 heterocycles. The first kappa shape index (κ1) is 18.6. The summed E-state index contributed by atoms with van der Waals surface area (Å²) in [4.78, 5) is 45.3. The predicted molar refractivity (Wildman–Crippen MR) is 121 cm³/mol. The summed E-state index contributed by atoms with van der Waals surface area (Å²) in [5, 5.41) is 3.59. The molecule has 3 aromatic rings. The number of imide groups is 1. The summed E-state index contributed by atoms with van der Waals surface area (Å²) in [6, 6.07) is 5.31. The number of carbonyl (C=O) groups is 2. The van der Waals surface area contributed by atoms with Crippen molar-refractivity contribution >= 4 is 44.9 Å². The Morgan fingerprint density at radius 2 is 1.84 bits per heavy atom. The minimum atomic E-state index is -1.25. The molecule has 0 bridgehead atoms. The second kappa shape index (κ2) is 6.20. The van der Waals surface area contributed by atoms with Crippen molar-refractivity contribution in [2.45, 2.75) is 51.0 Å². The molecule has 2 aromatic heterocycles. The van der Waals surface area contributed by atoms with Gasteiger partial charge in [-0.2, -0.15) is 0 Å². The second-order valence-electron chi connectivity index (χ2n) is 8.81. The van der Waals surface area contributed by atoms with E-state index in [1.807, 2.05) is 18.2 Å². The molecule has 6 rings (SSSR count). The van der Waals surface area contributed by atoms with Gasteiger partial charge in [-0.05, 0) is 67.7 Å². The van der Waals surface area contributed by atoms with Crippen molar-refractivity contribution in [3.63, 3.8) is 0 Å². The number of nitrogens with zero attached hydrogens (tertiary/aromatic N) is 1. The monoisotopic (exact) mass is 434 g/mol. The molecule has 0 unspecified atom stereocenters. The van der Waals surface area contributed by atoms with Crippen LogP contribution in [0.25, 0.3) is 10.2 Å². The number of hydrogen-bond donors (Lipinski definition) is 3. The van der Waals surface area contributed by atoms with Gasteiger partial charge in [0.25, 0.3) is 11.5 Å². The van der Waals surface area contributed by atoms with Crippen LogP contribution in [0.4, 0.5) is 16.2 Å². The van der Waals surface area contributed by atoms with Crippen LogP contribution < -0.4 is 21.5 Å². The SMILES string of the molecule is C[C@@]1(c2ccc3c(c2)CCC3)NC(=O)N(c2c(N)c3c4c(sc3[nH]c2=O)CCC4)C1=O. The van der Waals surface area contributed by atoms with Crippen LogP contribution in [0.2, 0.25) is 0 Å². The minimum Gasteiger partial charge on any atom is -0.396 e. The van der Waals surface area contributed by atoms with Gasteiger partial charge in [0.05, 0.1) is 5.69 Å². The molecule has 0 spiro atoms. The fourth-order valence-corrected chi connectivity index (χ4v) is 6.62. The number of amides is 3. The van der Waals surface area contributed by atoms with Crippen LogP contribution in [-0.4, -0.2) is 16.9 Å². The maximum Gasteiger partial charge on any atom is 0.330 e. The number of carbonyl (C=O) groups excluding carboxylic acids is 2. The van der Waals surface area contributed by atoms with Gasteiger partial charge >= 0.3 is 6.03 Å². The lowest BCUT2D eigenvalue weighted by Gasteiger charge is -2.23. The van der Waals surface area contributed by atoms with E-state index in [-0.39, 0.29) is 11.4 Å². The number of fused-ring (bicyclic) bond motifs is 4. The van der Waals surface area contributed by atoms with E-state index < -0.39 is 23.0 Å². The molecule has 8 heteroatoms. The standard InChI is InChI=1S/C23H22N4O3S/c1-23(13-9-8-11-4-2-5-12(11)10-13)21(29)27(22(30)26-23)18-17(24)16-14-6-3-7-15(14)31-20(16)25-19(18)28/h8-10H,2-7H2,1H3,(H,26,30)(H3,24,25,28)/t23-/m0/s1. The molecular weight excluding hydrogens is 412 g/mol. The summed E-state index contributed by atoms with van der Waals surface area (Å²) in [7, 11) is 0. The zero-order valence-electron chi connectivity index (χ0n) is 17.1. The number of pyridine rings is 1. The van der Waals surface area contributed by atoms with E-state index in [1.165, 1.54) is 27.3 Å². The fraction of sp³-hybridized carbons (Fsp3) is 0.348. The Labute approximate surface area is 182 Å². The molecule has 0 radical (unpaired) electrons. The van der Waals surface area contributed by atoms with Crippen LogP contribution in [0.15, 0.2) is 23.0 Å². The Morgan fingerprint density at radius 1 is 1.06 bits per heavy atom. The summed E-state index contributed by atoms with van der Waals surface area (Å²) in [5.74, 6) is -0.487. The summed E-state index contributed by atoms with van der Waals surface area (Å²) in [5.41, 5.74) is 9.17. The van der Waals surface area contributed by atoms with Crippen LogP contribution >= 0.6 is 11.3 Å². The van der Waals surface area contributed by atoms with Gasteiger partial charge < -0.3 is 16.0 Å². The van der Waals surface area contributed by atoms with Gasteiger partial charge in [0.15, 0.2) is 0 Å². The van der Waals surface area contributed by atoms with E-state index in [4.69, 9.17) is 5.73 Å². The highest BCUT2D eigenvalue weighted by molar-refractivity contribution is 7.19. The third kappa shape index (κ3) is 2.42. The van der Waals surface area contributed by atoms with Gasteiger partial charge in [-0.25, -0.2) is 9.69 Å². The number of aromatic nitrogens is 1. The number of benzene rings is 1. The molecule has 1 aliphatic heterocycles. The first-order chi connectivity index (χ1) is 14.9. The van der Waals surface area contributed by atoms with Crippen molar-refractivity contribution < 1.29 is 9.59 Å². The maximum atomic E-state index is 13.6. The number of rotatable bonds is 2. The van der Waals surface area contributed by atoms with E-state index in [9.17, 15) is 14.4 Å². The molecule has 158 valence electrons. The Balaban J connectivity index is 1.49. The number of aryl methyl sites for hydroxylation is 4. The molecular formula is C23H22N4O3S. The largest absolute Gasteiger partial charge is 0.396 e. The quantitative estimate of drug-likeness (QED) is 0.539. The smallest absolute Gasteiger partial charge is 0.330 e. The first-order valence-electron chi connectivity index (χ1n) is 10.6. The van der Waals surface area contributed by atoms with Gasteiger partial charge in [-0.15, -0.1) is 11.3 Å². The highest BCUT2D eigenvalue weighted by Gasteiger charge is 2.51. The van der Waals surface area contributed by atoms with Crippen LogP contribution in [0.5, 0.6) is 0 Å². The number of H-pyrrole nitrogens is 1. The fourth-order valence-electron chi connectivity index (χ4n) is 5.32. The molecule has 3 amide bonds. The molecule has 2 aliphatic carbocycles. The second-order valence-corrected chi connectivity index (χ2v) is 9.92. The minimum absolute atomic E-state index is 0.0765. The van der Waals surface area contributed by atoms with Gasteiger partial charge in [0, 0.05) is 10.3 Å².